The van der Waals surface area contributed by atoms with E-state index in [1.807, 2.05) is 31.2 Å². The highest BCUT2D eigenvalue weighted by atomic mass is 35.5. The number of carbonyl (C=O) groups excluding carboxylic acids is 1. The first-order chi connectivity index (χ1) is 13.2. The second kappa shape index (κ2) is 8.63. The van der Waals surface area contributed by atoms with Gasteiger partial charge in [0.05, 0.1) is 18.5 Å². The van der Waals surface area contributed by atoms with Gasteiger partial charge in [0.1, 0.15) is 5.75 Å². The van der Waals surface area contributed by atoms with Crippen molar-refractivity contribution in [2.45, 2.75) is 17.9 Å². The fraction of sp³-hybridized carbons (Fsp3) is 0.316. The molecule has 0 radical (unpaired) electrons. The third kappa shape index (κ3) is 5.12. The number of carbonyl (C=O) groups is 1. The fourth-order valence-electron chi connectivity index (χ4n) is 2.77. The van der Waals surface area contributed by atoms with E-state index in [1.54, 1.807) is 23.9 Å². The van der Waals surface area contributed by atoms with Crippen molar-refractivity contribution in [2.75, 3.05) is 29.4 Å². The molecule has 1 atom stereocenters. The smallest absolute Gasteiger partial charge is 0.263 e. The number of fused-ring (bicyclic) bond motifs is 1. The summed E-state index contributed by atoms with van der Waals surface area (Å²) in [6.45, 7) is 2.39. The molecule has 0 saturated heterocycles. The van der Waals surface area contributed by atoms with Gasteiger partial charge in [-0.05, 0) is 37.3 Å². The molecule has 1 aliphatic heterocycles. The van der Waals surface area contributed by atoms with Gasteiger partial charge in [-0.1, -0.05) is 29.3 Å². The van der Waals surface area contributed by atoms with Gasteiger partial charge in [0.15, 0.2) is 6.10 Å². The van der Waals surface area contributed by atoms with Gasteiger partial charge in [-0.15, -0.1) is 11.8 Å². The minimum absolute atomic E-state index is 0.0941. The Hall–Kier alpha value is -1.90. The average Bonchev–Trinajstić information content (AvgIpc) is 2.64. The van der Waals surface area contributed by atoms with Crippen molar-refractivity contribution in [1.29, 1.82) is 0 Å². The van der Waals surface area contributed by atoms with Crippen LogP contribution < -0.4 is 14.4 Å². The highest BCUT2D eigenvalue weighted by Gasteiger charge is 2.35. The predicted octanol–water partition coefficient (Wildman–Crippen LogP) is 3.08. The highest BCUT2D eigenvalue weighted by molar-refractivity contribution is 7.99. The van der Waals surface area contributed by atoms with Crippen molar-refractivity contribution in [3.63, 3.8) is 0 Å². The number of ether oxygens (including phenoxy) is 1. The van der Waals surface area contributed by atoms with Crippen LogP contribution in [0.25, 0.3) is 0 Å². The molecule has 3 rings (SSSR count). The summed E-state index contributed by atoms with van der Waals surface area (Å²) >= 11 is 7.61. The summed E-state index contributed by atoms with van der Waals surface area (Å²) < 4.78 is 31.2. The lowest BCUT2D eigenvalue weighted by Crippen LogP contribution is -2.50. The zero-order chi connectivity index (χ0) is 20.3. The molecule has 0 bridgehead atoms. The molecule has 150 valence electrons. The molecule has 2 aromatic carbocycles. The average molecular weight is 441 g/mol. The van der Waals surface area contributed by atoms with Crippen LogP contribution in [-0.4, -0.2) is 45.5 Å². The molecule has 1 heterocycles. The molecule has 1 aliphatic rings. The van der Waals surface area contributed by atoms with Crippen LogP contribution in [-0.2, 0) is 14.8 Å². The third-order valence-electron chi connectivity index (χ3n) is 4.17. The fourth-order valence-corrected chi connectivity index (χ4v) is 4.61. The monoisotopic (exact) mass is 440 g/mol. The first-order valence-electron chi connectivity index (χ1n) is 8.65. The first-order valence-corrected chi connectivity index (χ1v) is 11.9. The maximum Gasteiger partial charge on any atom is 0.263 e. The van der Waals surface area contributed by atoms with Crippen LogP contribution in [0.1, 0.15) is 5.56 Å². The van der Waals surface area contributed by atoms with Crippen LogP contribution in [0.15, 0.2) is 47.4 Å². The van der Waals surface area contributed by atoms with Crippen LogP contribution in [0.2, 0.25) is 5.02 Å². The summed E-state index contributed by atoms with van der Waals surface area (Å²) in [7, 11) is -3.58. The highest BCUT2D eigenvalue weighted by Crippen LogP contribution is 2.37. The SMILES string of the molecule is Cc1ccc(SCCNC(=O)[C@H]2CN(S(C)(=O)=O)c3cc(Cl)ccc3O2)cc1. The zero-order valence-corrected chi connectivity index (χ0v) is 17.9. The number of nitrogens with one attached hydrogen (secondary N) is 1. The van der Waals surface area contributed by atoms with E-state index in [9.17, 15) is 13.2 Å². The van der Waals surface area contributed by atoms with Crippen LogP contribution >= 0.6 is 23.4 Å². The standard InChI is InChI=1S/C19H21ClN2O4S2/c1-13-3-6-15(7-4-13)27-10-9-21-19(23)18-12-22(28(2,24)25)16-11-14(20)5-8-17(16)26-18/h3-8,11,18H,9-10,12H2,1-2H3,(H,21,23)/t18-/m1/s1. The molecule has 1 N–H and O–H groups in total. The summed E-state index contributed by atoms with van der Waals surface area (Å²) in [6, 6.07) is 12.9. The molecule has 6 nitrogen and oxygen atoms in total. The number of halogens is 1. The minimum Gasteiger partial charge on any atom is -0.476 e. The number of anilines is 1. The maximum absolute atomic E-state index is 12.5. The lowest BCUT2D eigenvalue weighted by atomic mass is 10.2. The van der Waals surface area contributed by atoms with Crippen molar-refractivity contribution in [3.8, 4) is 5.75 Å². The van der Waals surface area contributed by atoms with E-state index < -0.39 is 16.1 Å². The number of rotatable bonds is 6. The molecular formula is C19H21ClN2O4S2. The molecule has 0 aliphatic carbocycles. The number of thioether (sulfide) groups is 1. The van der Waals surface area contributed by atoms with E-state index in [0.717, 1.165) is 15.5 Å². The summed E-state index contributed by atoms with van der Waals surface area (Å²) in [5, 5.41) is 3.21. The number of hydrogen-bond donors (Lipinski definition) is 1. The summed E-state index contributed by atoms with van der Waals surface area (Å²) in [6.07, 6.45) is 0.170. The molecule has 28 heavy (non-hydrogen) atoms. The predicted molar refractivity (Wildman–Crippen MR) is 113 cm³/mol. The van der Waals surface area contributed by atoms with Crippen LogP contribution in [0.5, 0.6) is 5.75 Å². The summed E-state index contributed by atoms with van der Waals surface area (Å²) in [5.41, 5.74) is 1.54. The Bertz CT molecular complexity index is 964. The van der Waals surface area contributed by atoms with E-state index in [1.165, 1.54) is 11.6 Å². The van der Waals surface area contributed by atoms with Gasteiger partial charge >= 0.3 is 0 Å². The van der Waals surface area contributed by atoms with E-state index in [4.69, 9.17) is 16.3 Å². The Kier molecular flexibility index (Phi) is 6.42. The Balaban J connectivity index is 1.61. The second-order valence-electron chi connectivity index (χ2n) is 6.47. The molecule has 0 spiro atoms. The summed E-state index contributed by atoms with van der Waals surface area (Å²) in [4.78, 5) is 13.6. The van der Waals surface area contributed by atoms with Gasteiger partial charge in [-0.25, -0.2) is 8.42 Å². The first kappa shape index (κ1) is 20.8. The lowest BCUT2D eigenvalue weighted by molar-refractivity contribution is -0.127. The van der Waals surface area contributed by atoms with Crippen molar-refractivity contribution in [1.82, 2.24) is 5.32 Å². The molecule has 9 heteroatoms. The molecule has 0 saturated carbocycles. The Morgan fingerprint density at radius 3 is 2.68 bits per heavy atom. The molecule has 0 fully saturated rings. The van der Waals surface area contributed by atoms with Crippen molar-refractivity contribution >= 4 is 45.0 Å². The normalized spacial score (nSPS) is 16.2. The quantitative estimate of drug-likeness (QED) is 0.551. The van der Waals surface area contributed by atoms with Crippen LogP contribution in [0.3, 0.4) is 0 Å². The van der Waals surface area contributed by atoms with E-state index in [2.05, 4.69) is 5.32 Å². The number of nitrogens with zero attached hydrogens (tertiary/aromatic N) is 1. The van der Waals surface area contributed by atoms with Crippen molar-refractivity contribution in [2.24, 2.45) is 0 Å². The molecule has 1 amide bonds. The largest absolute Gasteiger partial charge is 0.476 e. The topological polar surface area (TPSA) is 75.7 Å². The number of hydrogen-bond acceptors (Lipinski definition) is 5. The van der Waals surface area contributed by atoms with Crippen molar-refractivity contribution < 1.29 is 17.9 Å². The van der Waals surface area contributed by atoms with Gasteiger partial charge in [-0.3, -0.25) is 9.10 Å². The summed E-state index contributed by atoms with van der Waals surface area (Å²) in [5.74, 6) is 0.665. The Morgan fingerprint density at radius 1 is 1.29 bits per heavy atom. The minimum atomic E-state index is -3.58. The van der Waals surface area contributed by atoms with Crippen molar-refractivity contribution in [3.05, 3.63) is 53.1 Å². The lowest BCUT2D eigenvalue weighted by Gasteiger charge is -2.34. The second-order valence-corrected chi connectivity index (χ2v) is 9.98. The van der Waals surface area contributed by atoms with Gasteiger partial charge in [0.2, 0.25) is 10.0 Å². The van der Waals surface area contributed by atoms with Gasteiger partial charge in [-0.2, -0.15) is 0 Å². The molecule has 0 unspecified atom stereocenters. The van der Waals surface area contributed by atoms with Gasteiger partial charge in [0, 0.05) is 22.2 Å². The molecular weight excluding hydrogens is 420 g/mol. The number of benzene rings is 2. The zero-order valence-electron chi connectivity index (χ0n) is 15.5. The Morgan fingerprint density at radius 2 is 2.00 bits per heavy atom. The number of aryl methyl sites for hydroxylation is 1. The van der Waals surface area contributed by atoms with E-state index in [0.29, 0.717) is 28.8 Å². The van der Waals surface area contributed by atoms with Gasteiger partial charge < -0.3 is 10.1 Å². The van der Waals surface area contributed by atoms with E-state index >= 15 is 0 Å². The molecule has 0 aromatic heterocycles. The van der Waals surface area contributed by atoms with Gasteiger partial charge in [0.25, 0.3) is 5.91 Å². The van der Waals surface area contributed by atoms with Crippen LogP contribution in [0, 0.1) is 6.92 Å². The van der Waals surface area contributed by atoms with Crippen LogP contribution in [0.4, 0.5) is 5.69 Å². The third-order valence-corrected chi connectivity index (χ3v) is 6.57. The molecule has 2 aromatic rings. The maximum atomic E-state index is 12.5. The Labute approximate surface area is 174 Å². The number of sulfonamides is 1. The van der Waals surface area contributed by atoms with E-state index in [-0.39, 0.29) is 12.5 Å². The number of amides is 1.